The standard InChI is InChI=1S/C15H9ClF3N3O/c16-8-3-4-10(9(6-8)15(17,18)19)22-14(23)13-7-12-11(21-13)2-1-5-20-12/h1-7,21H,(H,22,23). The van der Waals surface area contributed by atoms with E-state index in [1.807, 2.05) is 0 Å². The van der Waals surface area contributed by atoms with E-state index in [9.17, 15) is 18.0 Å². The van der Waals surface area contributed by atoms with Gasteiger partial charge in [0.25, 0.3) is 5.91 Å². The maximum absolute atomic E-state index is 13.0. The van der Waals surface area contributed by atoms with Gasteiger partial charge in [0.1, 0.15) is 5.69 Å². The molecule has 4 nitrogen and oxygen atoms in total. The number of carbonyl (C=O) groups excluding carboxylic acids is 1. The molecule has 0 unspecified atom stereocenters. The second kappa shape index (κ2) is 5.58. The zero-order valence-corrected chi connectivity index (χ0v) is 12.2. The Kier molecular flexibility index (Phi) is 3.73. The van der Waals surface area contributed by atoms with E-state index < -0.39 is 17.6 Å². The monoisotopic (exact) mass is 339 g/mol. The van der Waals surface area contributed by atoms with Gasteiger partial charge in [0.05, 0.1) is 22.3 Å². The van der Waals surface area contributed by atoms with Crippen LogP contribution in [0.4, 0.5) is 18.9 Å². The van der Waals surface area contributed by atoms with Crippen LogP contribution in [0, 0.1) is 0 Å². The Morgan fingerprint density at radius 3 is 2.70 bits per heavy atom. The minimum atomic E-state index is -4.63. The van der Waals surface area contributed by atoms with Gasteiger partial charge >= 0.3 is 6.18 Å². The number of alkyl halides is 3. The number of aromatic nitrogens is 2. The first kappa shape index (κ1) is 15.4. The average molecular weight is 340 g/mol. The quantitative estimate of drug-likeness (QED) is 0.723. The Morgan fingerprint density at radius 1 is 1.22 bits per heavy atom. The van der Waals surface area contributed by atoms with Crippen LogP contribution in [-0.2, 0) is 6.18 Å². The lowest BCUT2D eigenvalue weighted by Gasteiger charge is -2.13. The molecule has 8 heteroatoms. The van der Waals surface area contributed by atoms with E-state index in [-0.39, 0.29) is 16.4 Å². The Labute approximate surface area is 133 Å². The average Bonchev–Trinajstić information content (AvgIpc) is 2.92. The highest BCUT2D eigenvalue weighted by Crippen LogP contribution is 2.36. The minimum absolute atomic E-state index is 0.0647. The first-order chi connectivity index (χ1) is 10.8. The number of nitrogens with one attached hydrogen (secondary N) is 2. The predicted octanol–water partition coefficient (Wildman–Crippen LogP) is 4.49. The molecule has 0 radical (unpaired) electrons. The van der Waals surface area contributed by atoms with Gasteiger partial charge in [0.2, 0.25) is 0 Å². The van der Waals surface area contributed by atoms with Gasteiger partial charge in [-0.15, -0.1) is 0 Å². The van der Waals surface area contributed by atoms with Gasteiger partial charge in [-0.1, -0.05) is 11.6 Å². The van der Waals surface area contributed by atoms with Crippen LogP contribution >= 0.6 is 11.6 Å². The number of aromatic amines is 1. The molecule has 0 aliphatic carbocycles. The highest BCUT2D eigenvalue weighted by atomic mass is 35.5. The second-order valence-electron chi connectivity index (χ2n) is 4.76. The molecule has 2 aromatic heterocycles. The number of nitrogens with zero attached hydrogens (tertiary/aromatic N) is 1. The molecule has 0 fully saturated rings. The van der Waals surface area contributed by atoms with Gasteiger partial charge in [-0.25, -0.2) is 0 Å². The van der Waals surface area contributed by atoms with E-state index in [0.717, 1.165) is 12.1 Å². The third-order valence-corrected chi connectivity index (χ3v) is 3.40. The molecule has 1 amide bonds. The van der Waals surface area contributed by atoms with Crippen molar-refractivity contribution in [2.24, 2.45) is 0 Å². The summed E-state index contributed by atoms with van der Waals surface area (Å²) in [6.45, 7) is 0. The van der Waals surface area contributed by atoms with E-state index in [1.165, 1.54) is 12.1 Å². The van der Waals surface area contributed by atoms with Crippen molar-refractivity contribution in [1.29, 1.82) is 0 Å². The Hall–Kier alpha value is -2.54. The number of amides is 1. The fourth-order valence-electron chi connectivity index (χ4n) is 2.13. The number of hydrogen-bond donors (Lipinski definition) is 2. The van der Waals surface area contributed by atoms with Gasteiger partial charge in [0.15, 0.2) is 0 Å². The zero-order valence-electron chi connectivity index (χ0n) is 11.4. The van der Waals surface area contributed by atoms with E-state index >= 15 is 0 Å². The summed E-state index contributed by atoms with van der Waals surface area (Å²) < 4.78 is 39.1. The first-order valence-corrected chi connectivity index (χ1v) is 6.84. The molecule has 3 rings (SSSR count). The topological polar surface area (TPSA) is 57.8 Å². The van der Waals surface area contributed by atoms with Crippen molar-refractivity contribution in [3.63, 3.8) is 0 Å². The summed E-state index contributed by atoms with van der Waals surface area (Å²) in [7, 11) is 0. The van der Waals surface area contributed by atoms with Crippen LogP contribution in [0.5, 0.6) is 0 Å². The van der Waals surface area contributed by atoms with Crippen LogP contribution in [0.3, 0.4) is 0 Å². The minimum Gasteiger partial charge on any atom is -0.349 e. The molecule has 0 saturated carbocycles. The molecule has 3 aromatic rings. The van der Waals surface area contributed by atoms with Crippen LogP contribution in [0.2, 0.25) is 5.02 Å². The van der Waals surface area contributed by atoms with Crippen molar-refractivity contribution in [3.8, 4) is 0 Å². The normalized spacial score (nSPS) is 11.7. The van der Waals surface area contributed by atoms with Crippen LogP contribution in [-0.4, -0.2) is 15.9 Å². The van der Waals surface area contributed by atoms with Crippen LogP contribution in [0.15, 0.2) is 42.6 Å². The molecule has 118 valence electrons. The molecule has 0 atom stereocenters. The third-order valence-electron chi connectivity index (χ3n) is 3.17. The lowest BCUT2D eigenvalue weighted by Crippen LogP contribution is -2.17. The predicted molar refractivity (Wildman–Crippen MR) is 80.5 cm³/mol. The molecule has 0 spiro atoms. The van der Waals surface area contributed by atoms with Crippen LogP contribution < -0.4 is 5.32 Å². The number of fused-ring (bicyclic) bond motifs is 1. The highest BCUT2D eigenvalue weighted by molar-refractivity contribution is 6.30. The number of H-pyrrole nitrogens is 1. The summed E-state index contributed by atoms with van der Waals surface area (Å²) in [5.74, 6) is -0.698. The molecule has 1 aromatic carbocycles. The van der Waals surface area contributed by atoms with Crippen molar-refractivity contribution < 1.29 is 18.0 Å². The summed E-state index contributed by atoms with van der Waals surface area (Å²) in [6.07, 6.45) is -3.08. The number of rotatable bonds is 2. The van der Waals surface area contributed by atoms with E-state index in [4.69, 9.17) is 11.6 Å². The van der Waals surface area contributed by atoms with E-state index in [0.29, 0.717) is 11.0 Å². The van der Waals surface area contributed by atoms with Gasteiger partial charge in [0, 0.05) is 11.2 Å². The maximum Gasteiger partial charge on any atom is 0.418 e. The van der Waals surface area contributed by atoms with Crippen LogP contribution in [0.1, 0.15) is 16.1 Å². The maximum atomic E-state index is 13.0. The number of halogens is 4. The number of hydrogen-bond acceptors (Lipinski definition) is 2. The smallest absolute Gasteiger partial charge is 0.349 e. The van der Waals surface area contributed by atoms with Gasteiger partial charge in [-0.2, -0.15) is 13.2 Å². The molecule has 0 aliphatic rings. The summed E-state index contributed by atoms with van der Waals surface area (Å²) in [4.78, 5) is 19.0. The van der Waals surface area contributed by atoms with Crippen molar-refractivity contribution in [2.45, 2.75) is 6.18 Å². The summed E-state index contributed by atoms with van der Waals surface area (Å²) in [5, 5.41) is 2.18. The molecule has 0 bridgehead atoms. The Balaban J connectivity index is 1.94. The van der Waals surface area contributed by atoms with Crippen molar-refractivity contribution >= 4 is 34.2 Å². The summed E-state index contributed by atoms with van der Waals surface area (Å²) in [5.41, 5.74) is -0.0949. The number of benzene rings is 1. The zero-order chi connectivity index (χ0) is 16.6. The molecule has 0 aliphatic heterocycles. The SMILES string of the molecule is O=C(Nc1ccc(Cl)cc1C(F)(F)F)c1cc2ncccc2[nH]1. The van der Waals surface area contributed by atoms with E-state index in [2.05, 4.69) is 15.3 Å². The Morgan fingerprint density at radius 2 is 2.00 bits per heavy atom. The number of anilines is 1. The number of carbonyl (C=O) groups is 1. The van der Waals surface area contributed by atoms with Crippen molar-refractivity contribution in [2.75, 3.05) is 5.32 Å². The molecule has 0 saturated heterocycles. The lowest BCUT2D eigenvalue weighted by atomic mass is 10.1. The summed E-state index contributed by atoms with van der Waals surface area (Å²) in [6, 6.07) is 8.02. The molecular formula is C15H9ClF3N3O. The lowest BCUT2D eigenvalue weighted by molar-refractivity contribution is -0.136. The molecule has 23 heavy (non-hydrogen) atoms. The van der Waals surface area contributed by atoms with E-state index in [1.54, 1.807) is 18.3 Å². The molecule has 2 N–H and O–H groups in total. The van der Waals surface area contributed by atoms with Crippen molar-refractivity contribution in [3.05, 3.63) is 58.9 Å². The Bertz CT molecular complexity index is 856. The first-order valence-electron chi connectivity index (χ1n) is 6.46. The van der Waals surface area contributed by atoms with Gasteiger partial charge in [-0.3, -0.25) is 9.78 Å². The third kappa shape index (κ3) is 3.14. The largest absolute Gasteiger partial charge is 0.418 e. The summed E-state index contributed by atoms with van der Waals surface area (Å²) >= 11 is 5.60. The molecular weight excluding hydrogens is 331 g/mol. The van der Waals surface area contributed by atoms with Crippen LogP contribution in [0.25, 0.3) is 11.0 Å². The second-order valence-corrected chi connectivity index (χ2v) is 5.20. The molecule has 2 heterocycles. The van der Waals surface area contributed by atoms with Crippen molar-refractivity contribution in [1.82, 2.24) is 9.97 Å². The highest BCUT2D eigenvalue weighted by Gasteiger charge is 2.34. The fourth-order valence-corrected chi connectivity index (χ4v) is 2.30. The van der Waals surface area contributed by atoms with Gasteiger partial charge < -0.3 is 10.3 Å². The number of pyridine rings is 1. The fraction of sp³-hybridized carbons (Fsp3) is 0.0667. The van der Waals surface area contributed by atoms with Gasteiger partial charge in [-0.05, 0) is 36.4 Å².